The van der Waals surface area contributed by atoms with Crippen molar-refractivity contribution in [3.8, 4) is 0 Å². The second-order valence-corrected chi connectivity index (χ2v) is 5.30. The number of aromatic nitrogens is 3. The summed E-state index contributed by atoms with van der Waals surface area (Å²) in [5.74, 6) is 0.969. The van der Waals surface area contributed by atoms with Crippen LogP contribution < -0.4 is 5.32 Å². The van der Waals surface area contributed by atoms with Crippen LogP contribution in [0.1, 0.15) is 30.5 Å². The van der Waals surface area contributed by atoms with E-state index < -0.39 is 0 Å². The fourth-order valence-corrected chi connectivity index (χ4v) is 2.53. The van der Waals surface area contributed by atoms with Gasteiger partial charge in [0.05, 0.1) is 5.01 Å². The molecule has 5 heteroatoms. The lowest BCUT2D eigenvalue weighted by atomic mass is 10.3. The minimum Gasteiger partial charge on any atom is -0.356 e. The minimum absolute atomic E-state index is 0.932. The molecule has 0 unspecified atom stereocenters. The first-order chi connectivity index (χ1) is 8.79. The first-order valence-electron chi connectivity index (χ1n) is 6.45. The van der Waals surface area contributed by atoms with E-state index in [-0.39, 0.29) is 0 Å². The Morgan fingerprint density at radius 1 is 1.44 bits per heavy atom. The lowest BCUT2D eigenvalue weighted by Crippen LogP contribution is -2.09. The van der Waals surface area contributed by atoms with Gasteiger partial charge in [0, 0.05) is 43.0 Å². The summed E-state index contributed by atoms with van der Waals surface area (Å²) in [7, 11) is 0. The molecular weight excluding hydrogens is 244 g/mol. The normalized spacial score (nSPS) is 10.8. The van der Waals surface area contributed by atoms with Crippen LogP contribution in [0, 0.1) is 6.92 Å². The minimum atomic E-state index is 0.932. The highest BCUT2D eigenvalue weighted by Crippen LogP contribution is 2.12. The number of nitrogens with one attached hydrogen (secondary N) is 1. The zero-order valence-electron chi connectivity index (χ0n) is 11.0. The van der Waals surface area contributed by atoms with Gasteiger partial charge in [-0.15, -0.1) is 11.3 Å². The SMILES string of the molecule is CCCCNc1nccn1CCc1nc(C)cs1. The maximum Gasteiger partial charge on any atom is 0.202 e. The molecule has 98 valence electrons. The summed E-state index contributed by atoms with van der Waals surface area (Å²) in [6.07, 6.45) is 7.22. The molecule has 2 heterocycles. The third-order valence-electron chi connectivity index (χ3n) is 2.76. The van der Waals surface area contributed by atoms with Crippen molar-refractivity contribution in [1.82, 2.24) is 14.5 Å². The monoisotopic (exact) mass is 264 g/mol. The van der Waals surface area contributed by atoms with Gasteiger partial charge in [-0.1, -0.05) is 13.3 Å². The fourth-order valence-electron chi connectivity index (χ4n) is 1.77. The van der Waals surface area contributed by atoms with Crippen LogP contribution in [-0.2, 0) is 13.0 Å². The van der Waals surface area contributed by atoms with Crippen molar-refractivity contribution in [2.45, 2.75) is 39.7 Å². The van der Waals surface area contributed by atoms with E-state index in [0.717, 1.165) is 31.2 Å². The van der Waals surface area contributed by atoms with Crippen molar-refractivity contribution in [2.75, 3.05) is 11.9 Å². The van der Waals surface area contributed by atoms with Gasteiger partial charge in [-0.2, -0.15) is 0 Å². The molecule has 4 nitrogen and oxygen atoms in total. The summed E-state index contributed by atoms with van der Waals surface area (Å²) < 4.78 is 2.16. The van der Waals surface area contributed by atoms with Crippen LogP contribution in [-0.4, -0.2) is 21.1 Å². The number of unbranched alkanes of at least 4 members (excludes halogenated alkanes) is 1. The summed E-state index contributed by atoms with van der Waals surface area (Å²) in [4.78, 5) is 8.82. The first kappa shape index (κ1) is 13.1. The summed E-state index contributed by atoms with van der Waals surface area (Å²) >= 11 is 1.73. The lowest BCUT2D eigenvalue weighted by molar-refractivity contribution is 0.692. The van der Waals surface area contributed by atoms with E-state index in [1.807, 2.05) is 19.3 Å². The predicted molar refractivity (Wildman–Crippen MR) is 76.2 cm³/mol. The van der Waals surface area contributed by atoms with Gasteiger partial charge in [0.15, 0.2) is 0 Å². The molecule has 0 aliphatic rings. The highest BCUT2D eigenvalue weighted by molar-refractivity contribution is 7.09. The smallest absolute Gasteiger partial charge is 0.202 e. The molecule has 0 amide bonds. The number of imidazole rings is 1. The molecule has 0 spiro atoms. The van der Waals surface area contributed by atoms with Gasteiger partial charge in [-0.05, 0) is 13.3 Å². The Hall–Kier alpha value is -1.36. The van der Waals surface area contributed by atoms with E-state index in [2.05, 4.69) is 32.2 Å². The highest BCUT2D eigenvalue weighted by atomic mass is 32.1. The van der Waals surface area contributed by atoms with Crippen LogP contribution in [0.15, 0.2) is 17.8 Å². The number of hydrogen-bond acceptors (Lipinski definition) is 4. The highest BCUT2D eigenvalue weighted by Gasteiger charge is 2.03. The standard InChI is InChI=1S/C13H20N4S/c1-3-4-6-14-13-15-7-9-17(13)8-5-12-16-11(2)10-18-12/h7,9-10H,3-6,8H2,1-2H3,(H,14,15). The van der Waals surface area contributed by atoms with Crippen molar-refractivity contribution in [3.63, 3.8) is 0 Å². The number of nitrogens with zero attached hydrogens (tertiary/aromatic N) is 3. The van der Waals surface area contributed by atoms with Crippen molar-refractivity contribution in [3.05, 3.63) is 28.5 Å². The van der Waals surface area contributed by atoms with Gasteiger partial charge < -0.3 is 9.88 Å². The number of anilines is 1. The zero-order valence-corrected chi connectivity index (χ0v) is 11.8. The molecule has 0 aromatic carbocycles. The first-order valence-corrected chi connectivity index (χ1v) is 7.33. The molecule has 0 saturated carbocycles. The van der Waals surface area contributed by atoms with Crippen LogP contribution >= 0.6 is 11.3 Å². The quantitative estimate of drug-likeness (QED) is 0.781. The topological polar surface area (TPSA) is 42.7 Å². The molecule has 1 N–H and O–H groups in total. The Morgan fingerprint density at radius 3 is 3.06 bits per heavy atom. The van der Waals surface area contributed by atoms with E-state index in [9.17, 15) is 0 Å². The zero-order chi connectivity index (χ0) is 12.8. The lowest BCUT2D eigenvalue weighted by Gasteiger charge is -2.08. The Labute approximate surface area is 112 Å². The summed E-state index contributed by atoms with van der Waals surface area (Å²) in [6, 6.07) is 0. The van der Waals surface area contributed by atoms with Gasteiger partial charge in [-0.3, -0.25) is 0 Å². The van der Waals surface area contributed by atoms with E-state index >= 15 is 0 Å². The maximum absolute atomic E-state index is 4.48. The number of aryl methyl sites for hydroxylation is 3. The van der Waals surface area contributed by atoms with Crippen molar-refractivity contribution < 1.29 is 0 Å². The van der Waals surface area contributed by atoms with Crippen molar-refractivity contribution in [2.24, 2.45) is 0 Å². The Bertz CT molecular complexity index is 475. The van der Waals surface area contributed by atoms with Gasteiger partial charge in [0.1, 0.15) is 0 Å². The van der Waals surface area contributed by atoms with E-state index in [1.165, 1.54) is 17.8 Å². The fraction of sp³-hybridized carbons (Fsp3) is 0.538. The molecule has 0 bridgehead atoms. The van der Waals surface area contributed by atoms with Gasteiger partial charge in [0.2, 0.25) is 5.95 Å². The van der Waals surface area contributed by atoms with E-state index in [4.69, 9.17) is 0 Å². The van der Waals surface area contributed by atoms with Gasteiger partial charge in [0.25, 0.3) is 0 Å². The maximum atomic E-state index is 4.48. The van der Waals surface area contributed by atoms with E-state index in [0.29, 0.717) is 0 Å². The Kier molecular flexibility index (Phi) is 4.75. The molecule has 0 saturated heterocycles. The number of hydrogen-bond donors (Lipinski definition) is 1. The third kappa shape index (κ3) is 3.57. The molecule has 2 rings (SSSR count). The molecule has 18 heavy (non-hydrogen) atoms. The molecule has 0 atom stereocenters. The summed E-state index contributed by atoms with van der Waals surface area (Å²) in [6.45, 7) is 6.15. The molecule has 0 fully saturated rings. The average molecular weight is 264 g/mol. The molecule has 2 aromatic heterocycles. The van der Waals surface area contributed by atoms with Crippen molar-refractivity contribution >= 4 is 17.3 Å². The largest absolute Gasteiger partial charge is 0.356 e. The van der Waals surface area contributed by atoms with Gasteiger partial charge in [-0.25, -0.2) is 9.97 Å². The van der Waals surface area contributed by atoms with E-state index in [1.54, 1.807) is 11.3 Å². The average Bonchev–Trinajstić information content (AvgIpc) is 2.96. The molecule has 2 aromatic rings. The second-order valence-electron chi connectivity index (χ2n) is 4.36. The van der Waals surface area contributed by atoms with Crippen LogP contribution in [0.3, 0.4) is 0 Å². The van der Waals surface area contributed by atoms with Crippen LogP contribution in [0.4, 0.5) is 5.95 Å². The summed E-state index contributed by atoms with van der Waals surface area (Å²) in [5.41, 5.74) is 1.11. The molecule has 0 radical (unpaired) electrons. The summed E-state index contributed by atoms with van der Waals surface area (Å²) in [5, 5.41) is 6.67. The molecular formula is C13H20N4S. The number of thiazole rings is 1. The Balaban J connectivity index is 1.87. The predicted octanol–water partition coefficient (Wildman–Crippen LogP) is 3.10. The molecule has 0 aliphatic heterocycles. The van der Waals surface area contributed by atoms with Crippen LogP contribution in [0.2, 0.25) is 0 Å². The van der Waals surface area contributed by atoms with Crippen molar-refractivity contribution in [1.29, 1.82) is 0 Å². The second kappa shape index (κ2) is 6.54. The Morgan fingerprint density at radius 2 is 2.33 bits per heavy atom. The third-order valence-corrected chi connectivity index (χ3v) is 3.79. The van der Waals surface area contributed by atoms with Crippen LogP contribution in [0.25, 0.3) is 0 Å². The van der Waals surface area contributed by atoms with Gasteiger partial charge >= 0.3 is 0 Å². The number of rotatable bonds is 7. The molecule has 0 aliphatic carbocycles. The van der Waals surface area contributed by atoms with Crippen LogP contribution in [0.5, 0.6) is 0 Å².